The standard InChI is InChI=1S/C33H56O6/c1-3-5-7-9-12-17-21-25-32(35)37-27-29(34)28-38-33(36)26-22-18-14-11-13-16-20-24-31-30(39-31)23-19-15-10-8-6-4-2/h11,14-16,19-20,29-31,34H,3-10,12-13,17-18,21-28H2,1-2H3/b14-11-,19-15-,20-16-/t29-,30?,31?/m1/s1. The lowest BCUT2D eigenvalue weighted by atomic mass is 10.1. The number of aliphatic hydroxyl groups excluding tert-OH is 1. The van der Waals surface area contributed by atoms with E-state index < -0.39 is 6.10 Å². The van der Waals surface area contributed by atoms with Crippen molar-refractivity contribution in [3.8, 4) is 0 Å². The lowest BCUT2D eigenvalue weighted by Crippen LogP contribution is -2.25. The molecule has 1 N–H and O–H groups in total. The first-order valence-electron chi connectivity index (χ1n) is 15.7. The molecular formula is C33H56O6. The quantitative estimate of drug-likeness (QED) is 0.0511. The first-order chi connectivity index (χ1) is 19.1. The minimum atomic E-state index is -0.984. The number of allylic oxidation sites excluding steroid dienone is 4. The highest BCUT2D eigenvalue weighted by molar-refractivity contribution is 5.69. The third-order valence-electron chi connectivity index (χ3n) is 6.78. The Morgan fingerprint density at radius 3 is 1.82 bits per heavy atom. The molecule has 0 saturated carbocycles. The molecule has 1 aliphatic rings. The van der Waals surface area contributed by atoms with Gasteiger partial charge in [0.15, 0.2) is 0 Å². The molecule has 39 heavy (non-hydrogen) atoms. The molecule has 224 valence electrons. The molecule has 6 heteroatoms. The normalized spacial score (nSPS) is 17.8. The van der Waals surface area contributed by atoms with E-state index >= 15 is 0 Å². The summed E-state index contributed by atoms with van der Waals surface area (Å²) in [5.41, 5.74) is 0. The summed E-state index contributed by atoms with van der Waals surface area (Å²) in [5.74, 6) is -0.645. The Morgan fingerprint density at radius 1 is 0.667 bits per heavy atom. The van der Waals surface area contributed by atoms with Crippen LogP contribution in [0.3, 0.4) is 0 Å². The zero-order valence-electron chi connectivity index (χ0n) is 24.8. The molecule has 0 radical (unpaired) electrons. The Kier molecular flexibility index (Phi) is 22.6. The third-order valence-corrected chi connectivity index (χ3v) is 6.78. The molecule has 0 aromatic carbocycles. The predicted octanol–water partition coefficient (Wildman–Crippen LogP) is 7.93. The fourth-order valence-corrected chi connectivity index (χ4v) is 4.23. The minimum absolute atomic E-state index is 0.136. The van der Waals surface area contributed by atoms with Gasteiger partial charge in [0.25, 0.3) is 0 Å². The SMILES string of the molecule is CCCCC/C=C\CC1OC1C/C=C\C/C=C\CCCC(=O)OC[C@H](O)COC(=O)CCCCCCCCC. The summed E-state index contributed by atoms with van der Waals surface area (Å²) in [5, 5.41) is 9.90. The van der Waals surface area contributed by atoms with E-state index in [1.165, 1.54) is 51.4 Å². The van der Waals surface area contributed by atoms with Crippen molar-refractivity contribution in [3.63, 3.8) is 0 Å². The van der Waals surface area contributed by atoms with Crippen LogP contribution in [0.15, 0.2) is 36.5 Å². The van der Waals surface area contributed by atoms with Gasteiger partial charge >= 0.3 is 11.9 Å². The van der Waals surface area contributed by atoms with E-state index in [1.807, 2.05) is 0 Å². The summed E-state index contributed by atoms with van der Waals surface area (Å²) < 4.78 is 15.9. The van der Waals surface area contributed by atoms with Crippen molar-refractivity contribution in [2.75, 3.05) is 13.2 Å². The fraction of sp³-hybridized carbons (Fsp3) is 0.758. The van der Waals surface area contributed by atoms with E-state index in [4.69, 9.17) is 14.2 Å². The van der Waals surface area contributed by atoms with E-state index in [1.54, 1.807) is 0 Å². The average Bonchev–Trinajstić information content (AvgIpc) is 3.69. The van der Waals surface area contributed by atoms with Crippen molar-refractivity contribution >= 4 is 11.9 Å². The van der Waals surface area contributed by atoms with Gasteiger partial charge < -0.3 is 19.3 Å². The van der Waals surface area contributed by atoms with E-state index in [0.717, 1.165) is 44.9 Å². The molecule has 0 amide bonds. The van der Waals surface area contributed by atoms with Gasteiger partial charge in [-0.3, -0.25) is 9.59 Å². The van der Waals surface area contributed by atoms with Gasteiger partial charge in [-0.05, 0) is 51.4 Å². The van der Waals surface area contributed by atoms with Crippen molar-refractivity contribution < 1.29 is 28.9 Å². The van der Waals surface area contributed by atoms with Gasteiger partial charge in [-0.25, -0.2) is 0 Å². The third kappa shape index (κ3) is 22.6. The van der Waals surface area contributed by atoms with E-state index in [2.05, 4.69) is 50.3 Å². The molecule has 1 rings (SSSR count). The molecule has 0 bridgehead atoms. The summed E-state index contributed by atoms with van der Waals surface area (Å²) in [6.45, 7) is 4.14. The van der Waals surface area contributed by atoms with E-state index in [9.17, 15) is 14.7 Å². The maximum Gasteiger partial charge on any atom is 0.305 e. The summed E-state index contributed by atoms with van der Waals surface area (Å²) in [6.07, 6.45) is 30.9. The summed E-state index contributed by atoms with van der Waals surface area (Å²) in [6, 6.07) is 0. The van der Waals surface area contributed by atoms with Crippen molar-refractivity contribution in [3.05, 3.63) is 36.5 Å². The highest BCUT2D eigenvalue weighted by Gasteiger charge is 2.35. The van der Waals surface area contributed by atoms with Crippen LogP contribution in [-0.2, 0) is 23.8 Å². The van der Waals surface area contributed by atoms with E-state index in [0.29, 0.717) is 31.5 Å². The molecule has 2 unspecified atom stereocenters. The Balaban J connectivity index is 1.92. The average molecular weight is 549 g/mol. The first kappa shape index (κ1) is 35.1. The number of ether oxygens (including phenoxy) is 3. The first-order valence-corrected chi connectivity index (χ1v) is 15.7. The smallest absolute Gasteiger partial charge is 0.305 e. The van der Waals surface area contributed by atoms with Crippen LogP contribution in [0.5, 0.6) is 0 Å². The van der Waals surface area contributed by atoms with Crippen LogP contribution in [-0.4, -0.2) is 48.6 Å². The van der Waals surface area contributed by atoms with Crippen LogP contribution in [0.1, 0.15) is 129 Å². The second kappa shape index (κ2) is 25.1. The van der Waals surface area contributed by atoms with Crippen LogP contribution >= 0.6 is 0 Å². The van der Waals surface area contributed by atoms with Gasteiger partial charge in [0.2, 0.25) is 0 Å². The zero-order valence-corrected chi connectivity index (χ0v) is 24.8. The zero-order chi connectivity index (χ0) is 28.4. The van der Waals surface area contributed by atoms with Gasteiger partial charge in [-0.15, -0.1) is 0 Å². The molecule has 3 atom stereocenters. The topological polar surface area (TPSA) is 85.4 Å². The lowest BCUT2D eigenvalue weighted by molar-refractivity contribution is -0.152. The van der Waals surface area contributed by atoms with Gasteiger partial charge in [0, 0.05) is 12.8 Å². The van der Waals surface area contributed by atoms with Crippen molar-refractivity contribution in [2.45, 2.75) is 148 Å². The van der Waals surface area contributed by atoms with Crippen LogP contribution < -0.4 is 0 Å². The number of unbranched alkanes of at least 4 members (excludes halogenated alkanes) is 10. The second-order valence-electron chi connectivity index (χ2n) is 10.6. The van der Waals surface area contributed by atoms with Gasteiger partial charge in [-0.2, -0.15) is 0 Å². The highest BCUT2D eigenvalue weighted by atomic mass is 16.6. The molecule has 1 fully saturated rings. The number of carbonyl (C=O) groups excluding carboxylic acids is 2. The molecule has 1 saturated heterocycles. The van der Waals surface area contributed by atoms with Crippen molar-refractivity contribution in [1.29, 1.82) is 0 Å². The van der Waals surface area contributed by atoms with Crippen LogP contribution in [0.25, 0.3) is 0 Å². The van der Waals surface area contributed by atoms with Crippen molar-refractivity contribution in [2.24, 2.45) is 0 Å². The summed E-state index contributed by atoms with van der Waals surface area (Å²) in [7, 11) is 0. The number of hydrogen-bond donors (Lipinski definition) is 1. The van der Waals surface area contributed by atoms with Gasteiger partial charge in [0.05, 0.1) is 12.2 Å². The van der Waals surface area contributed by atoms with Gasteiger partial charge in [0.1, 0.15) is 19.3 Å². The van der Waals surface area contributed by atoms with Gasteiger partial charge in [-0.1, -0.05) is 102 Å². The number of rotatable bonds is 26. The summed E-state index contributed by atoms with van der Waals surface area (Å²) >= 11 is 0. The molecule has 1 aliphatic heterocycles. The monoisotopic (exact) mass is 548 g/mol. The molecule has 0 aromatic rings. The van der Waals surface area contributed by atoms with Crippen molar-refractivity contribution in [1.82, 2.24) is 0 Å². The minimum Gasteiger partial charge on any atom is -0.463 e. The number of aliphatic hydroxyl groups is 1. The number of esters is 2. The van der Waals surface area contributed by atoms with Crippen LogP contribution in [0.4, 0.5) is 0 Å². The number of epoxide rings is 1. The summed E-state index contributed by atoms with van der Waals surface area (Å²) in [4.78, 5) is 23.6. The van der Waals surface area contributed by atoms with Crippen LogP contribution in [0.2, 0.25) is 0 Å². The number of hydrogen-bond acceptors (Lipinski definition) is 6. The van der Waals surface area contributed by atoms with Crippen LogP contribution in [0, 0.1) is 0 Å². The van der Waals surface area contributed by atoms with E-state index in [-0.39, 0.29) is 25.2 Å². The second-order valence-corrected chi connectivity index (χ2v) is 10.6. The maximum absolute atomic E-state index is 11.9. The Hall–Kier alpha value is -1.92. The predicted molar refractivity (Wildman–Crippen MR) is 158 cm³/mol. The molecular weight excluding hydrogens is 492 g/mol. The molecule has 0 aliphatic carbocycles. The fourth-order valence-electron chi connectivity index (χ4n) is 4.23. The molecule has 1 heterocycles. The lowest BCUT2D eigenvalue weighted by Gasteiger charge is -2.12. The molecule has 0 aromatic heterocycles. The molecule has 0 spiro atoms. The maximum atomic E-state index is 11.9. The Bertz CT molecular complexity index is 698. The Morgan fingerprint density at radius 2 is 1.15 bits per heavy atom. The number of carbonyl (C=O) groups is 2. The Labute approximate surface area is 238 Å². The molecule has 6 nitrogen and oxygen atoms in total. The largest absolute Gasteiger partial charge is 0.463 e. The highest BCUT2D eigenvalue weighted by Crippen LogP contribution is 2.29.